The zero-order chi connectivity index (χ0) is 15.0. The molecule has 0 heterocycles. The van der Waals surface area contributed by atoms with Crippen molar-refractivity contribution in [1.82, 2.24) is 0 Å². The molecular formula is C21H34. The van der Waals surface area contributed by atoms with Crippen molar-refractivity contribution in [3.05, 3.63) is 12.2 Å². The van der Waals surface area contributed by atoms with E-state index in [2.05, 4.69) is 34.3 Å². The topological polar surface area (TPSA) is 0 Å². The van der Waals surface area contributed by atoms with Gasteiger partial charge in [-0.15, -0.1) is 0 Å². The van der Waals surface area contributed by atoms with Crippen LogP contribution in [0.3, 0.4) is 0 Å². The van der Waals surface area contributed by atoms with E-state index in [-0.39, 0.29) is 0 Å². The normalized spacial score (nSPS) is 55.0. The van der Waals surface area contributed by atoms with E-state index in [0.29, 0.717) is 16.2 Å². The highest BCUT2D eigenvalue weighted by Crippen LogP contribution is 2.72. The van der Waals surface area contributed by atoms with E-state index in [4.69, 9.17) is 0 Å². The number of hydrogen-bond acceptors (Lipinski definition) is 0. The Morgan fingerprint density at radius 3 is 2.48 bits per heavy atom. The molecule has 1 spiro atoms. The van der Waals surface area contributed by atoms with E-state index >= 15 is 0 Å². The molecule has 6 unspecified atom stereocenters. The molecule has 0 amide bonds. The van der Waals surface area contributed by atoms with Gasteiger partial charge in [0.2, 0.25) is 0 Å². The van der Waals surface area contributed by atoms with Gasteiger partial charge < -0.3 is 0 Å². The van der Waals surface area contributed by atoms with Gasteiger partial charge in [0.1, 0.15) is 0 Å². The molecule has 0 nitrogen and oxygen atoms in total. The minimum absolute atomic E-state index is 0.556. The number of hydrogen-bond donors (Lipinski definition) is 0. The Hall–Kier alpha value is -0.260. The molecule has 0 aromatic rings. The SMILES string of the molecule is C=C1CC23CCC4C(C)(C)CC(C)CC4(C)C2CCC1C3. The Bertz CT molecular complexity index is 472. The van der Waals surface area contributed by atoms with Crippen molar-refractivity contribution in [3.8, 4) is 0 Å². The summed E-state index contributed by atoms with van der Waals surface area (Å²) in [6.07, 6.45) is 11.7. The molecule has 0 radical (unpaired) electrons. The summed E-state index contributed by atoms with van der Waals surface area (Å²) in [5.74, 6) is 3.75. The first kappa shape index (κ1) is 14.3. The second kappa shape index (κ2) is 4.18. The quantitative estimate of drug-likeness (QED) is 0.464. The van der Waals surface area contributed by atoms with Crippen LogP contribution in [0.5, 0.6) is 0 Å². The van der Waals surface area contributed by atoms with Gasteiger partial charge in [0.05, 0.1) is 0 Å². The lowest BCUT2D eigenvalue weighted by Crippen LogP contribution is -2.57. The van der Waals surface area contributed by atoms with Gasteiger partial charge in [0, 0.05) is 0 Å². The third-order valence-corrected chi connectivity index (χ3v) is 8.48. The van der Waals surface area contributed by atoms with Crippen molar-refractivity contribution in [2.45, 2.75) is 79.1 Å². The number of rotatable bonds is 0. The number of allylic oxidation sites excluding steroid dienone is 1. The maximum absolute atomic E-state index is 4.45. The summed E-state index contributed by atoms with van der Waals surface area (Å²) in [5.41, 5.74) is 3.44. The molecule has 0 saturated heterocycles. The fourth-order valence-corrected chi connectivity index (χ4v) is 8.38. The summed E-state index contributed by atoms with van der Waals surface area (Å²) in [4.78, 5) is 0. The van der Waals surface area contributed by atoms with E-state index in [1.165, 1.54) is 51.4 Å². The first-order chi connectivity index (χ1) is 9.77. The smallest absolute Gasteiger partial charge is 0.0200 e. The van der Waals surface area contributed by atoms with Gasteiger partial charge in [-0.05, 0) is 91.3 Å². The first-order valence-corrected chi connectivity index (χ1v) is 9.45. The Labute approximate surface area is 131 Å². The van der Waals surface area contributed by atoms with Gasteiger partial charge in [0.25, 0.3) is 0 Å². The lowest BCUT2D eigenvalue weighted by Gasteiger charge is -2.65. The van der Waals surface area contributed by atoms with Gasteiger partial charge in [-0.3, -0.25) is 0 Å². The highest BCUT2D eigenvalue weighted by molar-refractivity contribution is 5.22. The highest BCUT2D eigenvalue weighted by Gasteiger charge is 2.63. The van der Waals surface area contributed by atoms with Gasteiger partial charge in [-0.25, -0.2) is 0 Å². The van der Waals surface area contributed by atoms with Crippen LogP contribution in [-0.4, -0.2) is 0 Å². The average molecular weight is 287 g/mol. The fraction of sp³-hybridized carbons (Fsp3) is 0.905. The van der Waals surface area contributed by atoms with Crippen molar-refractivity contribution in [1.29, 1.82) is 0 Å². The molecule has 0 heteroatoms. The predicted octanol–water partition coefficient (Wildman–Crippen LogP) is 6.22. The molecule has 4 aliphatic rings. The lowest BCUT2D eigenvalue weighted by atomic mass is 9.40. The molecular weight excluding hydrogens is 252 g/mol. The van der Waals surface area contributed by atoms with Gasteiger partial charge >= 0.3 is 0 Å². The zero-order valence-corrected chi connectivity index (χ0v) is 14.7. The summed E-state index contributed by atoms with van der Waals surface area (Å²) >= 11 is 0. The van der Waals surface area contributed by atoms with E-state index in [0.717, 1.165) is 23.7 Å². The van der Waals surface area contributed by atoms with Crippen LogP contribution in [0.25, 0.3) is 0 Å². The largest absolute Gasteiger partial charge is 0.0996 e. The standard InChI is InChI=1S/C21H34/c1-14-10-19(3,4)17-8-9-21-12-15(2)16(13-21)6-7-18(21)20(17,5)11-14/h14,16-18H,2,6-13H2,1,3-5H3. The van der Waals surface area contributed by atoms with Crippen LogP contribution in [0.1, 0.15) is 79.1 Å². The summed E-state index contributed by atoms with van der Waals surface area (Å²) in [6.45, 7) is 14.8. The Kier molecular flexibility index (Phi) is 2.85. The van der Waals surface area contributed by atoms with Gasteiger partial charge in [-0.1, -0.05) is 39.8 Å². The van der Waals surface area contributed by atoms with Crippen molar-refractivity contribution in [2.24, 2.45) is 39.9 Å². The van der Waals surface area contributed by atoms with E-state index < -0.39 is 0 Å². The maximum atomic E-state index is 4.45. The second-order valence-corrected chi connectivity index (χ2v) is 10.3. The third kappa shape index (κ3) is 1.80. The third-order valence-electron chi connectivity index (χ3n) is 8.48. The van der Waals surface area contributed by atoms with Crippen LogP contribution in [0, 0.1) is 39.9 Å². The Morgan fingerprint density at radius 1 is 0.952 bits per heavy atom. The van der Waals surface area contributed by atoms with Crippen LogP contribution >= 0.6 is 0 Å². The van der Waals surface area contributed by atoms with Crippen molar-refractivity contribution < 1.29 is 0 Å². The molecule has 4 aliphatic carbocycles. The summed E-state index contributed by atoms with van der Waals surface area (Å²) < 4.78 is 0. The molecule has 2 bridgehead atoms. The molecule has 6 atom stereocenters. The zero-order valence-electron chi connectivity index (χ0n) is 14.7. The molecule has 0 N–H and O–H groups in total. The van der Waals surface area contributed by atoms with Gasteiger partial charge in [0.15, 0.2) is 0 Å². The first-order valence-electron chi connectivity index (χ1n) is 9.45. The molecule has 4 saturated carbocycles. The minimum atomic E-state index is 0.556. The fourth-order valence-electron chi connectivity index (χ4n) is 8.38. The summed E-state index contributed by atoms with van der Waals surface area (Å²) in [5, 5.41) is 0. The second-order valence-electron chi connectivity index (χ2n) is 10.3. The highest BCUT2D eigenvalue weighted by atomic mass is 14.7. The van der Waals surface area contributed by atoms with Crippen LogP contribution in [0.4, 0.5) is 0 Å². The van der Waals surface area contributed by atoms with E-state index in [9.17, 15) is 0 Å². The van der Waals surface area contributed by atoms with Crippen LogP contribution in [-0.2, 0) is 0 Å². The van der Waals surface area contributed by atoms with Crippen molar-refractivity contribution in [2.75, 3.05) is 0 Å². The molecule has 0 aliphatic heterocycles. The molecule has 4 rings (SSSR count). The molecule has 0 aromatic heterocycles. The monoisotopic (exact) mass is 286 g/mol. The van der Waals surface area contributed by atoms with Crippen molar-refractivity contribution >= 4 is 0 Å². The Balaban J connectivity index is 1.75. The molecule has 21 heavy (non-hydrogen) atoms. The average Bonchev–Trinajstić information content (AvgIpc) is 2.57. The molecule has 4 fully saturated rings. The van der Waals surface area contributed by atoms with Crippen molar-refractivity contribution in [3.63, 3.8) is 0 Å². The van der Waals surface area contributed by atoms with E-state index in [1.807, 2.05) is 0 Å². The minimum Gasteiger partial charge on any atom is -0.0996 e. The maximum Gasteiger partial charge on any atom is -0.0200 e. The van der Waals surface area contributed by atoms with E-state index in [1.54, 1.807) is 5.57 Å². The summed E-state index contributed by atoms with van der Waals surface area (Å²) in [7, 11) is 0. The van der Waals surface area contributed by atoms with Crippen LogP contribution in [0.15, 0.2) is 12.2 Å². The van der Waals surface area contributed by atoms with Crippen LogP contribution in [0.2, 0.25) is 0 Å². The van der Waals surface area contributed by atoms with Gasteiger partial charge in [-0.2, -0.15) is 0 Å². The predicted molar refractivity (Wildman–Crippen MR) is 90.0 cm³/mol. The number of fused-ring (bicyclic) bond motifs is 3. The Morgan fingerprint density at radius 2 is 1.71 bits per heavy atom. The van der Waals surface area contributed by atoms with Crippen LogP contribution < -0.4 is 0 Å². The summed E-state index contributed by atoms with van der Waals surface area (Å²) in [6, 6.07) is 0. The lowest BCUT2D eigenvalue weighted by molar-refractivity contribution is -0.156. The molecule has 0 aromatic carbocycles. The molecule has 118 valence electrons.